The van der Waals surface area contributed by atoms with Crippen LogP contribution >= 0.6 is 11.3 Å². The van der Waals surface area contributed by atoms with E-state index in [2.05, 4.69) is 31.9 Å². The van der Waals surface area contributed by atoms with E-state index in [1.54, 1.807) is 12.1 Å². The molecule has 0 aliphatic rings. The third kappa shape index (κ3) is 4.89. The van der Waals surface area contributed by atoms with Crippen molar-refractivity contribution in [3.63, 3.8) is 0 Å². The summed E-state index contributed by atoms with van der Waals surface area (Å²) in [6.45, 7) is 3.99. The Labute approximate surface area is 214 Å². The van der Waals surface area contributed by atoms with Gasteiger partial charge in [0, 0.05) is 17.5 Å². The number of nitrogens with zero attached hydrogens (tertiary/aromatic N) is 5. The monoisotopic (exact) mass is 547 g/mol. The number of aromatic nitrogens is 5. The van der Waals surface area contributed by atoms with Crippen LogP contribution in [0.15, 0.2) is 67.5 Å². The van der Waals surface area contributed by atoms with Gasteiger partial charge in [-0.25, -0.2) is 15.0 Å². The summed E-state index contributed by atoms with van der Waals surface area (Å²) in [5.74, 6) is 0.307. The zero-order valence-corrected chi connectivity index (χ0v) is 19.8. The van der Waals surface area contributed by atoms with E-state index < -0.39 is 23.5 Å². The van der Waals surface area contributed by atoms with Crippen LogP contribution in [0.25, 0.3) is 33.9 Å². The van der Waals surface area contributed by atoms with Crippen molar-refractivity contribution < 1.29 is 26.3 Å². The van der Waals surface area contributed by atoms with Crippen LogP contribution in [0.2, 0.25) is 0 Å². The first-order chi connectivity index (χ1) is 17.9. The second-order valence-corrected chi connectivity index (χ2v) is 9.09. The molecule has 0 spiro atoms. The van der Waals surface area contributed by atoms with E-state index in [1.165, 1.54) is 34.3 Å². The zero-order chi connectivity index (χ0) is 27.2. The molecule has 4 aromatic heterocycles. The molecule has 0 saturated heterocycles. The summed E-state index contributed by atoms with van der Waals surface area (Å²) >= 11 is 1.27. The maximum absolute atomic E-state index is 13.1. The number of nitrogens with two attached hydrogens (primary N) is 1. The summed E-state index contributed by atoms with van der Waals surface area (Å²) in [7, 11) is 0. The molecule has 4 heterocycles. The molecule has 5 rings (SSSR count). The normalized spacial score (nSPS) is 12.2. The number of rotatable bonds is 5. The Kier molecular flexibility index (Phi) is 6.06. The van der Waals surface area contributed by atoms with Crippen LogP contribution in [0, 0.1) is 0 Å². The van der Waals surface area contributed by atoms with Crippen LogP contribution < -0.4 is 11.1 Å². The Hall–Kier alpha value is -4.46. The highest BCUT2D eigenvalue weighted by Gasteiger charge is 2.31. The molecule has 38 heavy (non-hydrogen) atoms. The third-order valence-corrected chi connectivity index (χ3v) is 6.36. The van der Waals surface area contributed by atoms with Gasteiger partial charge in [0.2, 0.25) is 0 Å². The van der Waals surface area contributed by atoms with Gasteiger partial charge >= 0.3 is 12.4 Å². The predicted octanol–water partition coefficient (Wildman–Crippen LogP) is 6.64. The Bertz CT molecular complexity index is 1630. The van der Waals surface area contributed by atoms with Gasteiger partial charge < -0.3 is 11.1 Å². The second-order valence-electron chi connectivity index (χ2n) is 7.97. The van der Waals surface area contributed by atoms with Gasteiger partial charge in [-0.3, -0.25) is 0 Å². The van der Waals surface area contributed by atoms with E-state index in [4.69, 9.17) is 5.73 Å². The number of thiophene rings is 1. The average Bonchev–Trinajstić information content (AvgIpc) is 3.50. The molecule has 0 amide bonds. The van der Waals surface area contributed by atoms with Crippen molar-refractivity contribution in [1.29, 1.82) is 0 Å². The van der Waals surface area contributed by atoms with Gasteiger partial charge in [0.25, 0.3) is 0 Å². The number of nitrogens with one attached hydrogen (secondary N) is 1. The first-order valence-corrected chi connectivity index (χ1v) is 11.5. The molecule has 0 atom stereocenters. The fraction of sp³-hybridized carbons (Fsp3) is 0.0833. The molecule has 0 bridgehead atoms. The molecule has 14 heteroatoms. The smallest absolute Gasteiger partial charge is 0.391 e. The number of hydrogen-bond donors (Lipinski definition) is 2. The summed E-state index contributed by atoms with van der Waals surface area (Å²) in [5.41, 5.74) is 4.88. The van der Waals surface area contributed by atoms with Crippen LogP contribution in [0.1, 0.15) is 16.0 Å². The van der Waals surface area contributed by atoms with Gasteiger partial charge in [-0.2, -0.15) is 36.1 Å². The zero-order valence-electron chi connectivity index (χ0n) is 19.0. The first kappa shape index (κ1) is 25.2. The molecular weight excluding hydrogens is 532 g/mol. The van der Waals surface area contributed by atoms with Gasteiger partial charge in [0.05, 0.1) is 32.6 Å². The molecule has 5 aromatic rings. The van der Waals surface area contributed by atoms with Gasteiger partial charge in [0.15, 0.2) is 17.3 Å². The van der Waals surface area contributed by atoms with E-state index in [-0.39, 0.29) is 28.7 Å². The van der Waals surface area contributed by atoms with E-state index in [0.29, 0.717) is 27.2 Å². The maximum atomic E-state index is 13.1. The fourth-order valence-electron chi connectivity index (χ4n) is 3.51. The van der Waals surface area contributed by atoms with E-state index >= 15 is 0 Å². The summed E-state index contributed by atoms with van der Waals surface area (Å²) < 4.78 is 79.4. The lowest BCUT2D eigenvalue weighted by atomic mass is 10.1. The van der Waals surface area contributed by atoms with E-state index in [0.717, 1.165) is 24.3 Å². The summed E-state index contributed by atoms with van der Waals surface area (Å²) in [5, 5.41) is 8.21. The second kappa shape index (κ2) is 9.13. The Morgan fingerprint density at radius 1 is 0.868 bits per heavy atom. The lowest BCUT2D eigenvalue weighted by molar-refractivity contribution is -0.138. The number of nitrogen functional groups attached to an aromatic ring is 1. The van der Waals surface area contributed by atoms with Crippen LogP contribution in [0.5, 0.6) is 0 Å². The molecule has 0 radical (unpaired) electrons. The van der Waals surface area contributed by atoms with Crippen molar-refractivity contribution in [3.05, 3.63) is 83.5 Å². The van der Waals surface area contributed by atoms with Crippen molar-refractivity contribution >= 4 is 38.9 Å². The standard InChI is InChI=1S/C24H15F6N7S/c1-12(17-7-8-18(31)38-17)34-21-16-11-33-37(19-9-6-15(10-32-19)24(28,29)30)22(16)36-20(35-21)13-2-4-14(5-3-13)23(25,26)27/h2-11H,1,31H2,(H,34,35,36). The van der Waals surface area contributed by atoms with Crippen LogP contribution in [0.4, 0.5) is 37.2 Å². The van der Waals surface area contributed by atoms with Gasteiger partial charge in [-0.05, 0) is 36.4 Å². The number of fused-ring (bicyclic) bond motifs is 1. The summed E-state index contributed by atoms with van der Waals surface area (Å²) in [6.07, 6.45) is -7.03. The van der Waals surface area contributed by atoms with Crippen molar-refractivity contribution in [2.45, 2.75) is 12.4 Å². The quantitative estimate of drug-likeness (QED) is 0.240. The molecule has 0 fully saturated rings. The van der Waals surface area contributed by atoms with Crippen molar-refractivity contribution in [1.82, 2.24) is 24.7 Å². The van der Waals surface area contributed by atoms with E-state index in [1.807, 2.05) is 0 Å². The highest BCUT2D eigenvalue weighted by Crippen LogP contribution is 2.34. The highest BCUT2D eigenvalue weighted by atomic mass is 32.1. The number of benzene rings is 1. The Balaban J connectivity index is 1.63. The number of alkyl halides is 6. The minimum absolute atomic E-state index is 0.0425. The minimum atomic E-state index is -4.57. The molecule has 0 aliphatic heterocycles. The maximum Gasteiger partial charge on any atom is 0.417 e. The lowest BCUT2D eigenvalue weighted by Crippen LogP contribution is -2.08. The van der Waals surface area contributed by atoms with Crippen molar-refractivity contribution in [2.75, 3.05) is 11.1 Å². The predicted molar refractivity (Wildman–Crippen MR) is 131 cm³/mol. The van der Waals surface area contributed by atoms with E-state index in [9.17, 15) is 26.3 Å². The van der Waals surface area contributed by atoms with Gasteiger partial charge in [0.1, 0.15) is 5.82 Å². The molecule has 1 aromatic carbocycles. The number of hydrogen-bond acceptors (Lipinski definition) is 7. The van der Waals surface area contributed by atoms with Crippen molar-refractivity contribution in [2.24, 2.45) is 0 Å². The SMILES string of the molecule is C=C(Nc1nc(-c2ccc(C(F)(F)F)cc2)nc2c1cnn2-c1ccc(C(F)(F)F)cn1)c1ccc(N)s1. The largest absolute Gasteiger partial charge is 0.417 e. The number of pyridine rings is 1. The van der Waals surface area contributed by atoms with Crippen LogP contribution in [0.3, 0.4) is 0 Å². The Morgan fingerprint density at radius 3 is 2.13 bits per heavy atom. The van der Waals surface area contributed by atoms with Gasteiger partial charge in [-0.15, -0.1) is 11.3 Å². The molecule has 7 nitrogen and oxygen atoms in total. The number of anilines is 2. The average molecular weight is 547 g/mol. The Morgan fingerprint density at radius 2 is 1.55 bits per heavy atom. The van der Waals surface area contributed by atoms with Crippen molar-refractivity contribution in [3.8, 4) is 17.2 Å². The van der Waals surface area contributed by atoms with Crippen LogP contribution in [-0.2, 0) is 12.4 Å². The molecule has 0 unspecified atom stereocenters. The van der Waals surface area contributed by atoms with Gasteiger partial charge in [-0.1, -0.05) is 18.7 Å². The summed E-state index contributed by atoms with van der Waals surface area (Å²) in [6, 6.07) is 9.69. The molecule has 0 aliphatic carbocycles. The molecular formula is C24H15F6N7S. The topological polar surface area (TPSA) is 94.5 Å². The first-order valence-electron chi connectivity index (χ1n) is 10.7. The number of halogens is 6. The lowest BCUT2D eigenvalue weighted by Gasteiger charge is -2.12. The minimum Gasteiger partial charge on any atom is -0.391 e. The summed E-state index contributed by atoms with van der Waals surface area (Å²) in [4.78, 5) is 13.5. The van der Waals surface area contributed by atoms with Crippen LogP contribution in [-0.4, -0.2) is 24.7 Å². The molecule has 3 N–H and O–H groups in total. The highest BCUT2D eigenvalue weighted by molar-refractivity contribution is 7.16. The molecule has 0 saturated carbocycles. The third-order valence-electron chi connectivity index (χ3n) is 5.38. The fourth-order valence-corrected chi connectivity index (χ4v) is 4.21. The molecule has 194 valence electrons.